The minimum absolute atomic E-state index is 0.0527. The molecular weight excluding hydrogens is 239 g/mol. The van der Waals surface area contributed by atoms with Crippen LogP contribution in [0.15, 0.2) is 12.1 Å². The van der Waals surface area contributed by atoms with Crippen molar-refractivity contribution in [2.24, 2.45) is 0 Å². The number of alkyl halides is 1. The zero-order chi connectivity index (χ0) is 10.0. The highest BCUT2D eigenvalue weighted by Gasteiger charge is 2.15. The molecule has 0 aromatic heterocycles. The summed E-state index contributed by atoms with van der Waals surface area (Å²) in [6, 6.07) is 2.46. The van der Waals surface area contributed by atoms with Crippen molar-refractivity contribution in [2.45, 2.75) is 0 Å². The number of nitrogen functional groups attached to an aromatic ring is 2. The Morgan fingerprint density at radius 2 is 2.08 bits per heavy atom. The summed E-state index contributed by atoms with van der Waals surface area (Å²) in [5.41, 5.74) is 10.9. The molecule has 70 valence electrons. The highest BCUT2D eigenvalue weighted by Crippen LogP contribution is 2.23. The Bertz CT molecular complexity index is 354. The first-order chi connectivity index (χ1) is 6.07. The Balaban J connectivity index is 3.33. The van der Waals surface area contributed by atoms with E-state index in [2.05, 4.69) is 15.9 Å². The van der Waals surface area contributed by atoms with E-state index in [-0.39, 0.29) is 28.1 Å². The fourth-order valence-electron chi connectivity index (χ4n) is 0.989. The van der Waals surface area contributed by atoms with Gasteiger partial charge in [0.25, 0.3) is 0 Å². The molecule has 0 heterocycles. The van der Waals surface area contributed by atoms with Crippen LogP contribution in [0.25, 0.3) is 0 Å². The highest BCUT2D eigenvalue weighted by atomic mass is 79.9. The van der Waals surface area contributed by atoms with Gasteiger partial charge in [0.1, 0.15) is 5.82 Å². The second-order valence-corrected chi connectivity index (χ2v) is 3.04. The largest absolute Gasteiger partial charge is 0.398 e. The number of hydrogen-bond donors (Lipinski definition) is 2. The lowest BCUT2D eigenvalue weighted by atomic mass is 10.1. The van der Waals surface area contributed by atoms with Crippen LogP contribution in [0.1, 0.15) is 10.4 Å². The third-order valence-electron chi connectivity index (χ3n) is 1.62. The van der Waals surface area contributed by atoms with E-state index in [1.54, 1.807) is 0 Å². The van der Waals surface area contributed by atoms with E-state index in [0.717, 1.165) is 6.07 Å². The van der Waals surface area contributed by atoms with Crippen molar-refractivity contribution < 1.29 is 9.18 Å². The van der Waals surface area contributed by atoms with Crippen LogP contribution in [0.3, 0.4) is 0 Å². The van der Waals surface area contributed by atoms with Gasteiger partial charge in [-0.1, -0.05) is 15.9 Å². The Labute approximate surface area is 83.0 Å². The molecule has 3 nitrogen and oxygen atoms in total. The molecule has 0 atom stereocenters. The summed E-state index contributed by atoms with van der Waals surface area (Å²) in [7, 11) is 0. The number of hydrogen-bond acceptors (Lipinski definition) is 3. The van der Waals surface area contributed by atoms with Crippen LogP contribution in [0.5, 0.6) is 0 Å². The van der Waals surface area contributed by atoms with E-state index in [9.17, 15) is 9.18 Å². The molecule has 0 aliphatic heterocycles. The zero-order valence-corrected chi connectivity index (χ0v) is 8.27. The van der Waals surface area contributed by atoms with Gasteiger partial charge in [-0.3, -0.25) is 4.79 Å². The van der Waals surface area contributed by atoms with E-state index >= 15 is 0 Å². The Morgan fingerprint density at radius 3 is 2.62 bits per heavy atom. The number of ketones is 1. The first-order valence-corrected chi connectivity index (χ1v) is 4.62. The fraction of sp³-hybridized carbons (Fsp3) is 0.125. The minimum Gasteiger partial charge on any atom is -0.398 e. The average molecular weight is 247 g/mol. The molecule has 4 N–H and O–H groups in total. The number of carbonyl (C=O) groups excluding carboxylic acids is 1. The summed E-state index contributed by atoms with van der Waals surface area (Å²) < 4.78 is 12.9. The topological polar surface area (TPSA) is 69.1 Å². The average Bonchev–Trinajstić information content (AvgIpc) is 2.12. The number of nitrogens with two attached hydrogens (primary N) is 2. The van der Waals surface area contributed by atoms with Crippen molar-refractivity contribution in [3.63, 3.8) is 0 Å². The Kier molecular flexibility index (Phi) is 2.87. The molecule has 0 saturated carbocycles. The van der Waals surface area contributed by atoms with Gasteiger partial charge >= 0.3 is 0 Å². The molecular formula is C8H8BrFN2O. The molecule has 0 spiro atoms. The Morgan fingerprint density at radius 1 is 1.46 bits per heavy atom. The van der Waals surface area contributed by atoms with Crippen molar-refractivity contribution >= 4 is 33.1 Å². The van der Waals surface area contributed by atoms with Crippen molar-refractivity contribution in [3.8, 4) is 0 Å². The van der Waals surface area contributed by atoms with E-state index < -0.39 is 5.82 Å². The summed E-state index contributed by atoms with van der Waals surface area (Å²) in [6.07, 6.45) is 0. The molecule has 1 aromatic rings. The maximum absolute atomic E-state index is 12.9. The smallest absolute Gasteiger partial charge is 0.177 e. The van der Waals surface area contributed by atoms with Gasteiger partial charge in [-0.15, -0.1) is 0 Å². The first-order valence-electron chi connectivity index (χ1n) is 3.50. The fourth-order valence-corrected chi connectivity index (χ4v) is 1.27. The van der Waals surface area contributed by atoms with Gasteiger partial charge in [-0.05, 0) is 12.1 Å². The molecule has 1 aromatic carbocycles. The van der Waals surface area contributed by atoms with Crippen molar-refractivity contribution in [1.82, 2.24) is 0 Å². The normalized spacial score (nSPS) is 10.0. The third-order valence-corrected chi connectivity index (χ3v) is 2.13. The van der Waals surface area contributed by atoms with Crippen LogP contribution in [0.2, 0.25) is 0 Å². The highest BCUT2D eigenvalue weighted by molar-refractivity contribution is 9.09. The van der Waals surface area contributed by atoms with Gasteiger partial charge in [0.15, 0.2) is 5.78 Å². The van der Waals surface area contributed by atoms with Crippen LogP contribution in [-0.2, 0) is 0 Å². The monoisotopic (exact) mass is 246 g/mol. The molecule has 0 saturated heterocycles. The van der Waals surface area contributed by atoms with E-state index in [4.69, 9.17) is 11.5 Å². The zero-order valence-electron chi connectivity index (χ0n) is 6.68. The van der Waals surface area contributed by atoms with Gasteiger partial charge in [-0.2, -0.15) is 0 Å². The summed E-state index contributed by atoms with van der Waals surface area (Å²) in [6.45, 7) is 0. The summed E-state index contributed by atoms with van der Waals surface area (Å²) in [5, 5.41) is 0.0743. The third kappa shape index (κ3) is 1.80. The van der Waals surface area contributed by atoms with Gasteiger partial charge in [-0.25, -0.2) is 4.39 Å². The van der Waals surface area contributed by atoms with Crippen LogP contribution in [-0.4, -0.2) is 11.1 Å². The maximum Gasteiger partial charge on any atom is 0.177 e. The molecule has 0 aliphatic carbocycles. The molecule has 0 bridgehead atoms. The standard InChI is InChI=1S/C8H8BrFN2O/c9-3-6(13)7-5(11)2-1-4(10)8(7)12/h1-2H,3,11-12H2. The summed E-state index contributed by atoms with van der Waals surface area (Å²) >= 11 is 2.96. The molecule has 0 amide bonds. The van der Waals surface area contributed by atoms with Gasteiger partial charge in [0.2, 0.25) is 0 Å². The van der Waals surface area contributed by atoms with Crippen LogP contribution in [0, 0.1) is 5.82 Å². The second-order valence-electron chi connectivity index (χ2n) is 2.48. The molecule has 0 radical (unpaired) electrons. The summed E-state index contributed by atoms with van der Waals surface area (Å²) in [4.78, 5) is 11.2. The lowest BCUT2D eigenvalue weighted by Gasteiger charge is -2.06. The second kappa shape index (κ2) is 3.74. The maximum atomic E-state index is 12.9. The van der Waals surface area contributed by atoms with Gasteiger partial charge in [0, 0.05) is 5.69 Å². The van der Waals surface area contributed by atoms with E-state index in [1.807, 2.05) is 0 Å². The number of halogens is 2. The van der Waals surface area contributed by atoms with Crippen molar-refractivity contribution in [3.05, 3.63) is 23.5 Å². The minimum atomic E-state index is -0.626. The van der Waals surface area contributed by atoms with E-state index in [1.165, 1.54) is 6.07 Å². The quantitative estimate of drug-likeness (QED) is 0.473. The van der Waals surface area contributed by atoms with E-state index in [0.29, 0.717) is 0 Å². The van der Waals surface area contributed by atoms with Crippen molar-refractivity contribution in [2.75, 3.05) is 16.8 Å². The molecule has 1 rings (SSSR count). The number of Topliss-reactive ketones (excluding diaryl/α,β-unsaturated/α-hetero) is 1. The van der Waals surface area contributed by atoms with Gasteiger partial charge < -0.3 is 11.5 Å². The Hall–Kier alpha value is -1.10. The summed E-state index contributed by atoms with van der Waals surface area (Å²) in [5.74, 6) is -0.951. The number of benzene rings is 1. The predicted octanol–water partition coefficient (Wildman–Crippen LogP) is 1.57. The molecule has 5 heteroatoms. The van der Waals surface area contributed by atoms with Crippen LogP contribution >= 0.6 is 15.9 Å². The molecule has 0 aliphatic rings. The first kappa shape index (κ1) is 9.98. The lowest BCUT2D eigenvalue weighted by Crippen LogP contribution is -2.10. The van der Waals surface area contributed by atoms with Crippen LogP contribution in [0.4, 0.5) is 15.8 Å². The number of rotatable bonds is 2. The van der Waals surface area contributed by atoms with Crippen LogP contribution < -0.4 is 11.5 Å². The SMILES string of the molecule is Nc1ccc(F)c(N)c1C(=O)CBr. The number of anilines is 2. The number of carbonyl (C=O) groups is 1. The van der Waals surface area contributed by atoms with Gasteiger partial charge in [0.05, 0.1) is 16.6 Å². The molecule has 13 heavy (non-hydrogen) atoms. The lowest BCUT2D eigenvalue weighted by molar-refractivity contribution is 0.102. The molecule has 0 fully saturated rings. The van der Waals surface area contributed by atoms with Crippen molar-refractivity contribution in [1.29, 1.82) is 0 Å². The predicted molar refractivity (Wildman–Crippen MR) is 53.3 cm³/mol. The molecule has 0 unspecified atom stereocenters.